The van der Waals surface area contributed by atoms with Crippen molar-refractivity contribution in [2.75, 3.05) is 32.8 Å². The lowest BCUT2D eigenvalue weighted by atomic mass is 9.83. The Labute approximate surface area is 164 Å². The Kier molecular flexibility index (Phi) is 5.30. The molecule has 2 fully saturated rings. The normalized spacial score (nSPS) is 24.6. The van der Waals surface area contributed by atoms with E-state index in [0.717, 1.165) is 12.1 Å². The molecule has 2 aromatic carbocycles. The minimum atomic E-state index is -0.270. The standard InChI is InChI=1S/C22H25N3O3/c23-22(27)18-13-24-11-12-25(20(26)15-28-17-9-5-2-6-10-17)14-19(24)21(18)16-7-3-1-4-8-16/h1-10,18-19,21H,11-15H2,(H2,23,27)/t18-,19-,21+/m1/s1. The molecule has 4 rings (SSSR count). The minimum Gasteiger partial charge on any atom is -0.484 e. The summed E-state index contributed by atoms with van der Waals surface area (Å²) < 4.78 is 5.62. The lowest BCUT2D eigenvalue weighted by Crippen LogP contribution is -2.54. The van der Waals surface area contributed by atoms with E-state index in [1.807, 2.05) is 65.6 Å². The van der Waals surface area contributed by atoms with Crippen LogP contribution < -0.4 is 10.5 Å². The van der Waals surface area contributed by atoms with Gasteiger partial charge in [-0.1, -0.05) is 48.5 Å². The highest BCUT2D eigenvalue weighted by molar-refractivity contribution is 5.80. The van der Waals surface area contributed by atoms with Gasteiger partial charge in [0.2, 0.25) is 5.91 Å². The molecule has 146 valence electrons. The van der Waals surface area contributed by atoms with Gasteiger partial charge in [-0.05, 0) is 17.7 Å². The Morgan fingerprint density at radius 1 is 0.964 bits per heavy atom. The van der Waals surface area contributed by atoms with Crippen LogP contribution in [0.5, 0.6) is 5.75 Å². The van der Waals surface area contributed by atoms with Crippen molar-refractivity contribution in [2.45, 2.75) is 12.0 Å². The van der Waals surface area contributed by atoms with E-state index < -0.39 is 0 Å². The highest BCUT2D eigenvalue weighted by atomic mass is 16.5. The number of hydrogen-bond donors (Lipinski definition) is 1. The van der Waals surface area contributed by atoms with Gasteiger partial charge >= 0.3 is 0 Å². The molecule has 6 heteroatoms. The third-order valence-corrected chi connectivity index (χ3v) is 5.82. The predicted molar refractivity (Wildman–Crippen MR) is 106 cm³/mol. The molecule has 6 nitrogen and oxygen atoms in total. The summed E-state index contributed by atoms with van der Waals surface area (Å²) in [6.07, 6.45) is 0. The van der Waals surface area contributed by atoms with E-state index >= 15 is 0 Å². The molecule has 0 unspecified atom stereocenters. The maximum Gasteiger partial charge on any atom is 0.260 e. The molecule has 2 amide bonds. The van der Waals surface area contributed by atoms with Crippen molar-refractivity contribution < 1.29 is 14.3 Å². The number of ether oxygens (including phenoxy) is 1. The summed E-state index contributed by atoms with van der Waals surface area (Å²) in [6, 6.07) is 19.5. The van der Waals surface area contributed by atoms with Crippen molar-refractivity contribution in [3.05, 3.63) is 66.2 Å². The van der Waals surface area contributed by atoms with E-state index in [-0.39, 0.29) is 36.3 Å². The molecule has 2 heterocycles. The molecule has 0 aliphatic carbocycles. The SMILES string of the molecule is NC(=O)[C@@H]1CN2CCN(C(=O)COc3ccccc3)C[C@@H]2[C@H]1c1ccccc1. The summed E-state index contributed by atoms with van der Waals surface area (Å²) in [6.45, 7) is 2.64. The smallest absolute Gasteiger partial charge is 0.260 e. The second kappa shape index (κ2) is 8.02. The molecule has 0 spiro atoms. The maximum absolute atomic E-state index is 12.7. The average molecular weight is 379 g/mol. The van der Waals surface area contributed by atoms with Crippen LogP contribution in [0.2, 0.25) is 0 Å². The molecule has 2 saturated heterocycles. The van der Waals surface area contributed by atoms with Crippen molar-refractivity contribution >= 4 is 11.8 Å². The van der Waals surface area contributed by atoms with Gasteiger partial charge in [-0.25, -0.2) is 0 Å². The number of nitrogens with two attached hydrogens (primary N) is 1. The van der Waals surface area contributed by atoms with Crippen LogP contribution in [0.15, 0.2) is 60.7 Å². The molecular formula is C22H25N3O3. The molecule has 2 aliphatic heterocycles. The first-order chi connectivity index (χ1) is 13.6. The number of piperazine rings is 1. The van der Waals surface area contributed by atoms with Crippen molar-refractivity contribution in [3.63, 3.8) is 0 Å². The zero-order valence-corrected chi connectivity index (χ0v) is 15.7. The first-order valence-corrected chi connectivity index (χ1v) is 9.67. The summed E-state index contributed by atoms with van der Waals surface area (Å²) >= 11 is 0. The van der Waals surface area contributed by atoms with Crippen LogP contribution in [0.1, 0.15) is 11.5 Å². The van der Waals surface area contributed by atoms with E-state index in [0.29, 0.717) is 25.4 Å². The van der Waals surface area contributed by atoms with Gasteiger partial charge in [0.15, 0.2) is 6.61 Å². The molecule has 0 bridgehead atoms. The number of nitrogens with zero attached hydrogens (tertiary/aromatic N) is 2. The van der Waals surface area contributed by atoms with Gasteiger partial charge < -0.3 is 15.4 Å². The lowest BCUT2D eigenvalue weighted by Gasteiger charge is -2.39. The molecule has 0 saturated carbocycles. The second-order valence-electron chi connectivity index (χ2n) is 7.45. The van der Waals surface area contributed by atoms with Crippen LogP contribution in [-0.4, -0.2) is 60.4 Å². The zero-order chi connectivity index (χ0) is 19.5. The van der Waals surface area contributed by atoms with Crippen molar-refractivity contribution in [2.24, 2.45) is 11.7 Å². The quantitative estimate of drug-likeness (QED) is 0.854. The summed E-state index contributed by atoms with van der Waals surface area (Å²) in [7, 11) is 0. The molecule has 28 heavy (non-hydrogen) atoms. The van der Waals surface area contributed by atoms with Crippen molar-refractivity contribution in [1.29, 1.82) is 0 Å². The van der Waals surface area contributed by atoms with Gasteiger partial charge in [0, 0.05) is 38.1 Å². The van der Waals surface area contributed by atoms with Crippen LogP contribution in [-0.2, 0) is 9.59 Å². The molecular weight excluding hydrogens is 354 g/mol. The number of fused-ring (bicyclic) bond motifs is 1. The molecule has 0 radical (unpaired) electrons. The van der Waals surface area contributed by atoms with Gasteiger partial charge in [-0.2, -0.15) is 0 Å². The van der Waals surface area contributed by atoms with Crippen molar-refractivity contribution in [1.82, 2.24) is 9.80 Å². The van der Waals surface area contributed by atoms with Gasteiger partial charge in [-0.3, -0.25) is 14.5 Å². The Balaban J connectivity index is 1.47. The Hall–Kier alpha value is -2.86. The highest BCUT2D eigenvalue weighted by Gasteiger charge is 2.47. The Morgan fingerprint density at radius 3 is 2.32 bits per heavy atom. The third-order valence-electron chi connectivity index (χ3n) is 5.82. The third kappa shape index (κ3) is 3.73. The minimum absolute atomic E-state index is 0.00402. The summed E-state index contributed by atoms with van der Waals surface area (Å²) in [4.78, 5) is 29.0. The Bertz CT molecular complexity index is 827. The fourth-order valence-corrected chi connectivity index (χ4v) is 4.43. The van der Waals surface area contributed by atoms with E-state index in [1.54, 1.807) is 0 Å². The predicted octanol–water partition coefficient (Wildman–Crippen LogP) is 1.48. The van der Waals surface area contributed by atoms with Crippen LogP contribution in [0, 0.1) is 5.92 Å². The van der Waals surface area contributed by atoms with E-state index in [4.69, 9.17) is 10.5 Å². The van der Waals surface area contributed by atoms with E-state index in [1.165, 1.54) is 0 Å². The second-order valence-corrected chi connectivity index (χ2v) is 7.45. The van der Waals surface area contributed by atoms with Crippen LogP contribution >= 0.6 is 0 Å². The number of carbonyl (C=O) groups excluding carboxylic acids is 2. The molecule has 2 aliphatic rings. The summed E-state index contributed by atoms with van der Waals surface area (Å²) in [5.74, 6) is 0.157. The fourth-order valence-electron chi connectivity index (χ4n) is 4.43. The van der Waals surface area contributed by atoms with Crippen LogP contribution in [0.25, 0.3) is 0 Å². The molecule has 2 aromatic rings. The maximum atomic E-state index is 12.7. The molecule has 3 atom stereocenters. The number of rotatable bonds is 5. The number of amides is 2. The summed E-state index contributed by atoms with van der Waals surface area (Å²) in [5.41, 5.74) is 6.83. The number of hydrogen-bond acceptors (Lipinski definition) is 4. The number of primary amides is 1. The number of para-hydroxylation sites is 1. The fraction of sp³-hybridized carbons (Fsp3) is 0.364. The van der Waals surface area contributed by atoms with Gasteiger partial charge in [-0.15, -0.1) is 0 Å². The Morgan fingerprint density at radius 2 is 1.64 bits per heavy atom. The molecule has 0 aromatic heterocycles. The zero-order valence-electron chi connectivity index (χ0n) is 15.7. The first-order valence-electron chi connectivity index (χ1n) is 9.67. The molecule has 2 N–H and O–H groups in total. The highest BCUT2D eigenvalue weighted by Crippen LogP contribution is 2.39. The largest absolute Gasteiger partial charge is 0.484 e. The van der Waals surface area contributed by atoms with Gasteiger partial charge in [0.1, 0.15) is 5.75 Å². The van der Waals surface area contributed by atoms with E-state index in [2.05, 4.69) is 4.90 Å². The number of benzene rings is 2. The lowest BCUT2D eigenvalue weighted by molar-refractivity contribution is -0.136. The summed E-state index contributed by atoms with van der Waals surface area (Å²) in [5, 5.41) is 0. The van der Waals surface area contributed by atoms with Crippen LogP contribution in [0.3, 0.4) is 0 Å². The average Bonchev–Trinajstić information content (AvgIpc) is 3.12. The first kappa shape index (κ1) is 18.5. The van der Waals surface area contributed by atoms with Crippen LogP contribution in [0.4, 0.5) is 0 Å². The monoisotopic (exact) mass is 379 g/mol. The van der Waals surface area contributed by atoms with Gasteiger partial charge in [0.05, 0.1) is 5.92 Å². The van der Waals surface area contributed by atoms with E-state index in [9.17, 15) is 9.59 Å². The topological polar surface area (TPSA) is 75.9 Å². The van der Waals surface area contributed by atoms with Crippen molar-refractivity contribution in [3.8, 4) is 5.75 Å². The van der Waals surface area contributed by atoms with Gasteiger partial charge in [0.25, 0.3) is 5.91 Å². The number of carbonyl (C=O) groups is 2.